The van der Waals surface area contributed by atoms with E-state index >= 15 is 0 Å². The van der Waals surface area contributed by atoms with Gasteiger partial charge < -0.3 is 14.8 Å². The van der Waals surface area contributed by atoms with E-state index in [1.165, 1.54) is 30.6 Å². The van der Waals surface area contributed by atoms with Crippen molar-refractivity contribution in [3.05, 3.63) is 70.2 Å². The van der Waals surface area contributed by atoms with Gasteiger partial charge in [-0.15, -0.1) is 11.3 Å². The minimum Gasteiger partial charge on any atom is -0.348 e. The van der Waals surface area contributed by atoms with Gasteiger partial charge in [-0.3, -0.25) is 9.36 Å². The van der Waals surface area contributed by atoms with E-state index in [2.05, 4.69) is 20.9 Å². The molecule has 0 saturated carbocycles. The molecule has 7 nitrogen and oxygen atoms in total. The van der Waals surface area contributed by atoms with Crippen molar-refractivity contribution in [1.82, 2.24) is 24.4 Å². The molecule has 1 N–H and O–H groups in total. The van der Waals surface area contributed by atoms with Crippen LogP contribution in [0.4, 0.5) is 5.95 Å². The van der Waals surface area contributed by atoms with Crippen molar-refractivity contribution in [2.24, 2.45) is 0 Å². The monoisotopic (exact) mass is 518 g/mol. The number of piperidine rings is 1. The Morgan fingerprint density at radius 2 is 1.94 bits per heavy atom. The van der Waals surface area contributed by atoms with Crippen LogP contribution in [0.5, 0.6) is 0 Å². The predicted molar refractivity (Wildman–Crippen MR) is 149 cm³/mol. The molecule has 1 atom stereocenters. The number of halogens is 1. The lowest BCUT2D eigenvalue weighted by atomic mass is 10.1. The Balaban J connectivity index is 1.40. The molecule has 2 aromatic carbocycles. The summed E-state index contributed by atoms with van der Waals surface area (Å²) in [4.78, 5) is 26.0. The molecule has 0 amide bonds. The second-order valence-corrected chi connectivity index (χ2v) is 11.0. The smallest absolute Gasteiger partial charge is 0.275 e. The molecule has 9 heteroatoms. The minimum atomic E-state index is -0.0803. The molecule has 6 rings (SSSR count). The minimum absolute atomic E-state index is 0.0803. The van der Waals surface area contributed by atoms with Gasteiger partial charge >= 0.3 is 0 Å². The number of hydrogen-bond acceptors (Lipinski definition) is 6. The Morgan fingerprint density at radius 3 is 2.69 bits per heavy atom. The Morgan fingerprint density at radius 1 is 1.11 bits per heavy atom. The molecule has 4 heterocycles. The summed E-state index contributed by atoms with van der Waals surface area (Å²) in [5.41, 5.74) is 4.33. The summed E-state index contributed by atoms with van der Waals surface area (Å²) in [7, 11) is 4.04. The highest BCUT2D eigenvalue weighted by molar-refractivity contribution is 7.22. The summed E-state index contributed by atoms with van der Waals surface area (Å²) in [6.45, 7) is 1.94. The summed E-state index contributed by atoms with van der Waals surface area (Å²) in [6, 6.07) is 16.1. The SMILES string of the molecule is CN(C)c1nc2cc(-n3cnc4cc(-c5ccc(Cl)cc5)sc4c3=O)ccc2n1CC1CCCCN1. The Labute approximate surface area is 218 Å². The van der Waals surface area contributed by atoms with Crippen LogP contribution in [0.15, 0.2) is 59.7 Å². The molecule has 0 aliphatic carbocycles. The maximum atomic E-state index is 13.5. The highest BCUT2D eigenvalue weighted by Crippen LogP contribution is 2.32. The third-order valence-corrected chi connectivity index (χ3v) is 8.19. The fourth-order valence-corrected chi connectivity index (χ4v) is 6.10. The molecular weight excluding hydrogens is 492 g/mol. The first kappa shape index (κ1) is 23.2. The average molecular weight is 519 g/mol. The van der Waals surface area contributed by atoms with Crippen LogP contribution in [0.2, 0.25) is 5.02 Å². The number of nitrogens with one attached hydrogen (secondary N) is 1. The highest BCUT2D eigenvalue weighted by atomic mass is 35.5. The van der Waals surface area contributed by atoms with Gasteiger partial charge in [0.05, 0.1) is 22.2 Å². The highest BCUT2D eigenvalue weighted by Gasteiger charge is 2.20. The summed E-state index contributed by atoms with van der Waals surface area (Å²) in [6.07, 6.45) is 5.28. The zero-order valence-electron chi connectivity index (χ0n) is 20.2. The van der Waals surface area contributed by atoms with E-state index in [-0.39, 0.29) is 5.56 Å². The van der Waals surface area contributed by atoms with Gasteiger partial charge in [0.1, 0.15) is 11.0 Å². The molecule has 3 aromatic heterocycles. The first-order valence-electron chi connectivity index (χ1n) is 12.2. The van der Waals surface area contributed by atoms with E-state index < -0.39 is 0 Å². The van der Waals surface area contributed by atoms with Crippen molar-refractivity contribution in [3.63, 3.8) is 0 Å². The summed E-state index contributed by atoms with van der Waals surface area (Å²) >= 11 is 7.49. The molecule has 0 bridgehead atoms. The van der Waals surface area contributed by atoms with Gasteiger partial charge in [0.15, 0.2) is 0 Å². The van der Waals surface area contributed by atoms with Gasteiger partial charge in [-0.05, 0) is 61.3 Å². The zero-order chi connectivity index (χ0) is 24.8. The largest absolute Gasteiger partial charge is 0.348 e. The van der Waals surface area contributed by atoms with Crippen molar-refractivity contribution < 1.29 is 0 Å². The number of fused-ring (bicyclic) bond motifs is 2. The predicted octanol–water partition coefficient (Wildman–Crippen LogP) is 5.33. The van der Waals surface area contributed by atoms with Crippen molar-refractivity contribution >= 4 is 50.1 Å². The number of hydrogen-bond donors (Lipinski definition) is 1. The number of anilines is 1. The Kier molecular flexibility index (Phi) is 6.03. The van der Waals surface area contributed by atoms with Gasteiger partial charge in [0.25, 0.3) is 5.56 Å². The molecule has 36 heavy (non-hydrogen) atoms. The number of thiophene rings is 1. The van der Waals surface area contributed by atoms with Crippen molar-refractivity contribution in [3.8, 4) is 16.1 Å². The van der Waals surface area contributed by atoms with Gasteiger partial charge in [0, 0.05) is 36.6 Å². The fraction of sp³-hybridized carbons (Fsp3) is 0.296. The van der Waals surface area contributed by atoms with E-state index in [4.69, 9.17) is 16.6 Å². The lowest BCUT2D eigenvalue weighted by Crippen LogP contribution is -2.37. The lowest BCUT2D eigenvalue weighted by molar-refractivity contribution is 0.366. The van der Waals surface area contributed by atoms with Crippen molar-refractivity contribution in [2.75, 3.05) is 25.5 Å². The first-order valence-corrected chi connectivity index (χ1v) is 13.4. The van der Waals surface area contributed by atoms with Gasteiger partial charge in [-0.2, -0.15) is 0 Å². The van der Waals surface area contributed by atoms with Gasteiger partial charge in [-0.25, -0.2) is 9.97 Å². The van der Waals surface area contributed by atoms with Crippen LogP contribution in [0.1, 0.15) is 19.3 Å². The average Bonchev–Trinajstić information content (AvgIpc) is 3.48. The van der Waals surface area contributed by atoms with Crippen LogP contribution in [0, 0.1) is 0 Å². The molecule has 0 spiro atoms. The molecule has 1 aliphatic heterocycles. The number of imidazole rings is 1. The zero-order valence-corrected chi connectivity index (χ0v) is 21.8. The first-order chi connectivity index (χ1) is 17.5. The fourth-order valence-electron chi connectivity index (χ4n) is 4.93. The molecule has 1 aliphatic rings. The number of aromatic nitrogens is 4. The van der Waals surface area contributed by atoms with Crippen LogP contribution < -0.4 is 15.8 Å². The molecular formula is C27H27ClN6OS. The molecule has 1 saturated heterocycles. The molecule has 5 aromatic rings. The topological polar surface area (TPSA) is 68.0 Å². The summed E-state index contributed by atoms with van der Waals surface area (Å²) < 4.78 is 4.52. The van der Waals surface area contributed by atoms with E-state index in [1.54, 1.807) is 10.9 Å². The van der Waals surface area contributed by atoms with Crippen molar-refractivity contribution in [1.29, 1.82) is 0 Å². The van der Waals surface area contributed by atoms with Gasteiger partial charge in [-0.1, -0.05) is 30.2 Å². The third-order valence-electron chi connectivity index (χ3n) is 6.77. The van der Waals surface area contributed by atoms with Crippen molar-refractivity contribution in [2.45, 2.75) is 31.8 Å². The van der Waals surface area contributed by atoms with Crippen LogP contribution in [0.3, 0.4) is 0 Å². The second kappa shape index (κ2) is 9.35. The normalized spacial score (nSPS) is 16.1. The maximum Gasteiger partial charge on any atom is 0.275 e. The van der Waals surface area contributed by atoms with E-state index in [0.29, 0.717) is 21.3 Å². The molecule has 184 valence electrons. The quantitative estimate of drug-likeness (QED) is 0.341. The standard InChI is InChI=1S/C27H27ClN6OS/c1-32(2)27-31-21-13-20(10-11-23(21)33(27)15-19-5-3-4-12-29-19)34-16-30-22-14-24(36-25(22)26(34)35)17-6-8-18(28)9-7-17/h6-11,13-14,16,19,29H,3-5,12,15H2,1-2H3. The Hall–Kier alpha value is -3.20. The molecule has 1 fully saturated rings. The van der Waals surface area contributed by atoms with Crippen LogP contribution in [0.25, 0.3) is 37.4 Å². The van der Waals surface area contributed by atoms with E-state index in [0.717, 1.165) is 46.2 Å². The second-order valence-electron chi connectivity index (χ2n) is 9.49. The van der Waals surface area contributed by atoms with E-state index in [9.17, 15) is 4.79 Å². The molecule has 1 unspecified atom stereocenters. The third kappa shape index (κ3) is 4.19. The number of rotatable bonds is 5. The van der Waals surface area contributed by atoms with Crippen LogP contribution in [-0.4, -0.2) is 45.8 Å². The lowest BCUT2D eigenvalue weighted by Gasteiger charge is -2.25. The summed E-state index contributed by atoms with van der Waals surface area (Å²) in [5.74, 6) is 0.918. The Bertz CT molecular complexity index is 1610. The van der Waals surface area contributed by atoms with Gasteiger partial charge in [0.2, 0.25) is 5.95 Å². The molecule has 0 radical (unpaired) electrons. The number of nitrogens with zero attached hydrogens (tertiary/aromatic N) is 5. The van der Waals surface area contributed by atoms with E-state index in [1.807, 2.05) is 61.5 Å². The summed E-state index contributed by atoms with van der Waals surface area (Å²) in [5, 5.41) is 4.33. The van der Waals surface area contributed by atoms with Crippen LogP contribution in [-0.2, 0) is 6.54 Å². The number of benzene rings is 2. The van der Waals surface area contributed by atoms with Crippen LogP contribution >= 0.6 is 22.9 Å². The maximum absolute atomic E-state index is 13.5.